The quantitative estimate of drug-likeness (QED) is 0.839. The molecule has 1 fully saturated rings. The molecule has 2 N–H and O–H groups in total. The van der Waals surface area contributed by atoms with Crippen LogP contribution in [0.4, 0.5) is 5.69 Å². The zero-order valence-corrected chi connectivity index (χ0v) is 11.3. The fourth-order valence-electron chi connectivity index (χ4n) is 2.11. The molecule has 18 heavy (non-hydrogen) atoms. The van der Waals surface area contributed by atoms with Gasteiger partial charge < -0.3 is 15.4 Å². The topological polar surface area (TPSA) is 55.6 Å². The number of hydrogen-bond donors (Lipinski definition) is 1. The first-order valence-corrected chi connectivity index (χ1v) is 5.95. The van der Waals surface area contributed by atoms with Gasteiger partial charge in [0.15, 0.2) is 0 Å². The zero-order valence-electron chi connectivity index (χ0n) is 10.5. The number of benzene rings is 1. The van der Waals surface area contributed by atoms with Crippen molar-refractivity contribution in [2.24, 2.45) is 0 Å². The number of carbonyl (C=O) groups excluding carboxylic acids is 1. The first kappa shape index (κ1) is 14.6. The van der Waals surface area contributed by atoms with Crippen LogP contribution in [0.25, 0.3) is 0 Å². The van der Waals surface area contributed by atoms with Crippen molar-refractivity contribution in [3.63, 3.8) is 0 Å². The summed E-state index contributed by atoms with van der Waals surface area (Å²) in [6, 6.07) is 5.20. The van der Waals surface area contributed by atoms with E-state index < -0.39 is 0 Å². The fourth-order valence-corrected chi connectivity index (χ4v) is 2.11. The SMILES string of the molecule is COc1ccc(N)c(C(=O)N2CCCCC2)c1.Cl. The largest absolute Gasteiger partial charge is 0.497 e. The Bertz CT molecular complexity index is 417. The van der Waals surface area contributed by atoms with E-state index in [1.807, 2.05) is 4.90 Å². The fraction of sp³-hybridized carbons (Fsp3) is 0.462. The first-order chi connectivity index (χ1) is 8.22. The van der Waals surface area contributed by atoms with Crippen LogP contribution < -0.4 is 10.5 Å². The summed E-state index contributed by atoms with van der Waals surface area (Å²) in [5.74, 6) is 0.681. The van der Waals surface area contributed by atoms with Crippen molar-refractivity contribution in [3.05, 3.63) is 23.8 Å². The highest BCUT2D eigenvalue weighted by atomic mass is 35.5. The molecular weight excluding hydrogens is 252 g/mol. The third kappa shape index (κ3) is 3.07. The molecule has 0 bridgehead atoms. The van der Waals surface area contributed by atoms with Gasteiger partial charge in [0.05, 0.1) is 12.7 Å². The Balaban J connectivity index is 0.00000162. The lowest BCUT2D eigenvalue weighted by molar-refractivity contribution is 0.0725. The number of methoxy groups -OCH3 is 1. The van der Waals surface area contributed by atoms with E-state index >= 15 is 0 Å². The summed E-state index contributed by atoms with van der Waals surface area (Å²) >= 11 is 0. The highest BCUT2D eigenvalue weighted by molar-refractivity contribution is 5.99. The second-order valence-electron chi connectivity index (χ2n) is 4.31. The van der Waals surface area contributed by atoms with E-state index in [1.54, 1.807) is 25.3 Å². The Morgan fingerprint density at radius 2 is 1.94 bits per heavy atom. The second-order valence-corrected chi connectivity index (χ2v) is 4.31. The lowest BCUT2D eigenvalue weighted by atomic mass is 10.1. The summed E-state index contributed by atoms with van der Waals surface area (Å²) in [5, 5.41) is 0. The van der Waals surface area contributed by atoms with Gasteiger partial charge in [0.1, 0.15) is 5.75 Å². The Kier molecular flexibility index (Phi) is 5.28. The van der Waals surface area contributed by atoms with Gasteiger partial charge in [0.25, 0.3) is 5.91 Å². The minimum atomic E-state index is 0. The van der Waals surface area contributed by atoms with Gasteiger partial charge in [-0.25, -0.2) is 0 Å². The summed E-state index contributed by atoms with van der Waals surface area (Å²) < 4.78 is 5.12. The van der Waals surface area contributed by atoms with Crippen molar-refractivity contribution < 1.29 is 9.53 Å². The van der Waals surface area contributed by atoms with Gasteiger partial charge in [0.2, 0.25) is 0 Å². The van der Waals surface area contributed by atoms with Gasteiger partial charge in [-0.3, -0.25) is 4.79 Å². The number of nitrogens with zero attached hydrogens (tertiary/aromatic N) is 1. The lowest BCUT2D eigenvalue weighted by Gasteiger charge is -2.27. The van der Waals surface area contributed by atoms with Gasteiger partial charge in [-0.05, 0) is 37.5 Å². The highest BCUT2D eigenvalue weighted by Crippen LogP contribution is 2.22. The van der Waals surface area contributed by atoms with Gasteiger partial charge in [0, 0.05) is 18.8 Å². The van der Waals surface area contributed by atoms with Gasteiger partial charge in [-0.1, -0.05) is 0 Å². The molecule has 1 heterocycles. The van der Waals surface area contributed by atoms with Crippen molar-refractivity contribution in [2.75, 3.05) is 25.9 Å². The van der Waals surface area contributed by atoms with Crippen LogP contribution in [-0.4, -0.2) is 31.0 Å². The van der Waals surface area contributed by atoms with Crippen LogP contribution in [0.15, 0.2) is 18.2 Å². The van der Waals surface area contributed by atoms with E-state index in [1.165, 1.54) is 6.42 Å². The summed E-state index contributed by atoms with van der Waals surface area (Å²) in [7, 11) is 1.58. The van der Waals surface area contributed by atoms with Gasteiger partial charge in [-0.15, -0.1) is 12.4 Å². The number of nitrogen functional groups attached to an aromatic ring is 1. The monoisotopic (exact) mass is 270 g/mol. The van der Waals surface area contributed by atoms with Crippen molar-refractivity contribution in [1.29, 1.82) is 0 Å². The number of piperidine rings is 1. The number of likely N-dealkylation sites (tertiary alicyclic amines) is 1. The molecule has 1 aliphatic rings. The highest BCUT2D eigenvalue weighted by Gasteiger charge is 2.20. The third-order valence-electron chi connectivity index (χ3n) is 3.13. The van der Waals surface area contributed by atoms with E-state index in [2.05, 4.69) is 0 Å². The average molecular weight is 271 g/mol. The van der Waals surface area contributed by atoms with E-state index in [0.29, 0.717) is 17.0 Å². The number of hydrogen-bond acceptors (Lipinski definition) is 3. The molecule has 0 radical (unpaired) electrons. The molecule has 100 valence electrons. The van der Waals surface area contributed by atoms with Crippen LogP contribution >= 0.6 is 12.4 Å². The second kappa shape index (κ2) is 6.50. The first-order valence-electron chi connectivity index (χ1n) is 5.95. The predicted molar refractivity (Wildman–Crippen MR) is 74.4 cm³/mol. The molecular formula is C13H19ClN2O2. The minimum absolute atomic E-state index is 0. The number of carbonyl (C=O) groups is 1. The normalized spacial score (nSPS) is 14.8. The molecule has 0 atom stereocenters. The molecule has 0 aliphatic carbocycles. The number of halogens is 1. The van der Waals surface area contributed by atoms with Crippen LogP contribution in [-0.2, 0) is 0 Å². The molecule has 0 spiro atoms. The summed E-state index contributed by atoms with van der Waals surface area (Å²) in [5.41, 5.74) is 6.91. The molecule has 5 heteroatoms. The Morgan fingerprint density at radius 1 is 1.28 bits per heavy atom. The molecule has 0 unspecified atom stereocenters. The zero-order chi connectivity index (χ0) is 12.3. The van der Waals surface area contributed by atoms with Crippen LogP contribution in [0, 0.1) is 0 Å². The Hall–Kier alpha value is -1.42. The molecule has 4 nitrogen and oxygen atoms in total. The number of amides is 1. The number of rotatable bonds is 2. The van der Waals surface area contributed by atoms with Crippen LogP contribution in [0.5, 0.6) is 5.75 Å². The molecule has 1 aromatic carbocycles. The predicted octanol–water partition coefficient (Wildman–Crippen LogP) is 2.33. The van der Waals surface area contributed by atoms with Gasteiger partial charge >= 0.3 is 0 Å². The molecule has 0 saturated carbocycles. The van der Waals surface area contributed by atoms with Crippen molar-refractivity contribution in [3.8, 4) is 5.75 Å². The molecule has 1 aliphatic heterocycles. The molecule has 1 saturated heterocycles. The van der Waals surface area contributed by atoms with E-state index in [-0.39, 0.29) is 18.3 Å². The number of ether oxygens (including phenoxy) is 1. The van der Waals surface area contributed by atoms with Crippen molar-refractivity contribution >= 4 is 24.0 Å². The van der Waals surface area contributed by atoms with Crippen molar-refractivity contribution in [2.45, 2.75) is 19.3 Å². The maximum Gasteiger partial charge on any atom is 0.256 e. The standard InChI is InChI=1S/C13H18N2O2.ClH/c1-17-10-5-6-12(14)11(9-10)13(16)15-7-3-2-4-8-15;/h5-6,9H,2-4,7-8,14H2,1H3;1H. The molecule has 1 amide bonds. The van der Waals surface area contributed by atoms with Gasteiger partial charge in [-0.2, -0.15) is 0 Å². The average Bonchev–Trinajstić information content (AvgIpc) is 2.39. The molecule has 2 rings (SSSR count). The Labute approximate surface area is 114 Å². The molecule has 0 aromatic heterocycles. The lowest BCUT2D eigenvalue weighted by Crippen LogP contribution is -2.35. The van der Waals surface area contributed by atoms with E-state index in [9.17, 15) is 4.79 Å². The van der Waals surface area contributed by atoms with Crippen molar-refractivity contribution in [1.82, 2.24) is 4.90 Å². The summed E-state index contributed by atoms with van der Waals surface area (Å²) in [6.45, 7) is 1.66. The summed E-state index contributed by atoms with van der Waals surface area (Å²) in [4.78, 5) is 14.1. The number of anilines is 1. The van der Waals surface area contributed by atoms with Crippen LogP contribution in [0.2, 0.25) is 0 Å². The third-order valence-corrected chi connectivity index (χ3v) is 3.13. The van der Waals surface area contributed by atoms with E-state index in [0.717, 1.165) is 25.9 Å². The number of nitrogens with two attached hydrogens (primary N) is 1. The van der Waals surface area contributed by atoms with Crippen LogP contribution in [0.3, 0.4) is 0 Å². The maximum absolute atomic E-state index is 12.3. The van der Waals surface area contributed by atoms with E-state index in [4.69, 9.17) is 10.5 Å². The smallest absolute Gasteiger partial charge is 0.256 e. The Morgan fingerprint density at radius 3 is 2.56 bits per heavy atom. The molecule has 1 aromatic rings. The minimum Gasteiger partial charge on any atom is -0.497 e. The van der Waals surface area contributed by atoms with Crippen LogP contribution in [0.1, 0.15) is 29.6 Å². The maximum atomic E-state index is 12.3. The summed E-state index contributed by atoms with van der Waals surface area (Å²) in [6.07, 6.45) is 3.36.